The number of likely N-dealkylation sites (N-methyl/N-ethyl adjacent to an activating group) is 1. The van der Waals surface area contributed by atoms with Crippen molar-refractivity contribution in [3.8, 4) is 0 Å². The van der Waals surface area contributed by atoms with Gasteiger partial charge in [-0.25, -0.2) is 4.31 Å². The second kappa shape index (κ2) is 6.06. The molecule has 0 aromatic heterocycles. The van der Waals surface area contributed by atoms with E-state index < -0.39 is 0 Å². The van der Waals surface area contributed by atoms with E-state index in [1.807, 2.05) is 0 Å². The summed E-state index contributed by atoms with van der Waals surface area (Å²) in [4.78, 5) is 1.27. The largest absolute Gasteiger partial charge is 0.383 e. The van der Waals surface area contributed by atoms with Gasteiger partial charge < -0.3 is 4.74 Å². The Kier molecular flexibility index (Phi) is 5.01. The Bertz CT molecular complexity index is 260. The molecule has 2 nitrogen and oxygen atoms in total. The number of aryl methyl sites for hydroxylation is 1. The first kappa shape index (κ1) is 11.6. The van der Waals surface area contributed by atoms with Crippen LogP contribution in [0, 0.1) is 6.92 Å². The molecule has 0 fully saturated rings. The number of hydrogen-bond acceptors (Lipinski definition) is 3. The van der Waals surface area contributed by atoms with Gasteiger partial charge in [-0.2, -0.15) is 0 Å². The lowest BCUT2D eigenvalue weighted by Crippen LogP contribution is -2.14. The normalized spacial score (nSPS) is 10.9. The molecule has 1 rings (SSSR count). The molecule has 1 aromatic rings. The van der Waals surface area contributed by atoms with Gasteiger partial charge in [0.2, 0.25) is 0 Å². The predicted octanol–water partition coefficient (Wildman–Crippen LogP) is 2.58. The zero-order chi connectivity index (χ0) is 10.4. The van der Waals surface area contributed by atoms with Gasteiger partial charge in [0.25, 0.3) is 0 Å². The summed E-state index contributed by atoms with van der Waals surface area (Å²) in [7, 11) is 3.80. The molecule has 1 aromatic carbocycles. The van der Waals surface area contributed by atoms with Gasteiger partial charge in [0.15, 0.2) is 0 Å². The van der Waals surface area contributed by atoms with E-state index in [1.54, 1.807) is 19.1 Å². The van der Waals surface area contributed by atoms with E-state index in [4.69, 9.17) is 4.74 Å². The van der Waals surface area contributed by atoms with Crippen LogP contribution in [0.15, 0.2) is 29.2 Å². The zero-order valence-corrected chi connectivity index (χ0v) is 9.80. The first-order chi connectivity index (χ1) is 6.72. The van der Waals surface area contributed by atoms with Crippen LogP contribution in [0.2, 0.25) is 0 Å². The van der Waals surface area contributed by atoms with Crippen molar-refractivity contribution in [3.63, 3.8) is 0 Å². The molecule has 0 radical (unpaired) electrons. The van der Waals surface area contributed by atoms with Gasteiger partial charge in [-0.15, -0.1) is 0 Å². The Morgan fingerprint density at radius 1 is 1.29 bits per heavy atom. The van der Waals surface area contributed by atoms with Crippen molar-refractivity contribution >= 4 is 11.9 Å². The van der Waals surface area contributed by atoms with Gasteiger partial charge in [-0.3, -0.25) is 0 Å². The number of ether oxygens (including phenoxy) is 1. The third-order valence-corrected chi connectivity index (χ3v) is 2.87. The maximum absolute atomic E-state index is 5.01. The molecular formula is C11H17NOS. The molecular weight excluding hydrogens is 194 g/mol. The van der Waals surface area contributed by atoms with Crippen LogP contribution in [0.4, 0.5) is 0 Å². The lowest BCUT2D eigenvalue weighted by molar-refractivity contribution is 0.188. The van der Waals surface area contributed by atoms with Crippen LogP contribution in [0.3, 0.4) is 0 Å². The molecule has 0 heterocycles. The summed E-state index contributed by atoms with van der Waals surface area (Å²) in [5.74, 6) is 0. The Labute approximate surface area is 90.4 Å². The summed E-state index contributed by atoms with van der Waals surface area (Å²) in [6.45, 7) is 3.81. The molecule has 78 valence electrons. The van der Waals surface area contributed by atoms with Crippen molar-refractivity contribution < 1.29 is 4.74 Å². The lowest BCUT2D eigenvalue weighted by Gasteiger charge is -2.14. The number of methoxy groups -OCH3 is 1. The zero-order valence-electron chi connectivity index (χ0n) is 8.99. The van der Waals surface area contributed by atoms with Crippen LogP contribution in [-0.2, 0) is 4.74 Å². The molecule has 0 N–H and O–H groups in total. The fourth-order valence-corrected chi connectivity index (χ4v) is 1.83. The topological polar surface area (TPSA) is 12.5 Å². The van der Waals surface area contributed by atoms with E-state index in [2.05, 4.69) is 42.5 Å². The minimum atomic E-state index is 0.773. The second-order valence-corrected chi connectivity index (χ2v) is 4.53. The molecule has 0 bridgehead atoms. The summed E-state index contributed by atoms with van der Waals surface area (Å²) in [6.07, 6.45) is 0. The van der Waals surface area contributed by atoms with Crippen LogP contribution in [-0.4, -0.2) is 31.6 Å². The average molecular weight is 211 g/mol. The molecule has 3 heteroatoms. The fraction of sp³-hybridized carbons (Fsp3) is 0.455. The van der Waals surface area contributed by atoms with E-state index in [9.17, 15) is 0 Å². The number of rotatable bonds is 5. The van der Waals surface area contributed by atoms with Crippen molar-refractivity contribution in [1.29, 1.82) is 0 Å². The monoisotopic (exact) mass is 211 g/mol. The van der Waals surface area contributed by atoms with Crippen LogP contribution in [0.1, 0.15) is 5.56 Å². The summed E-state index contributed by atoms with van der Waals surface area (Å²) in [5, 5.41) is 0. The fourth-order valence-electron chi connectivity index (χ4n) is 1.04. The van der Waals surface area contributed by atoms with Crippen molar-refractivity contribution in [2.75, 3.05) is 27.3 Å². The quantitative estimate of drug-likeness (QED) is 0.695. The van der Waals surface area contributed by atoms with E-state index in [0.717, 1.165) is 13.2 Å². The van der Waals surface area contributed by atoms with Gasteiger partial charge in [-0.05, 0) is 38.1 Å². The molecule has 14 heavy (non-hydrogen) atoms. The third-order valence-electron chi connectivity index (χ3n) is 1.89. The van der Waals surface area contributed by atoms with Crippen molar-refractivity contribution in [2.45, 2.75) is 11.8 Å². The van der Waals surface area contributed by atoms with Gasteiger partial charge in [0, 0.05) is 18.6 Å². The summed E-state index contributed by atoms with van der Waals surface area (Å²) < 4.78 is 7.19. The van der Waals surface area contributed by atoms with Crippen LogP contribution in [0.25, 0.3) is 0 Å². The minimum absolute atomic E-state index is 0.773. The number of benzene rings is 1. The van der Waals surface area contributed by atoms with E-state index in [0.29, 0.717) is 0 Å². The van der Waals surface area contributed by atoms with Gasteiger partial charge >= 0.3 is 0 Å². The van der Waals surface area contributed by atoms with Crippen molar-refractivity contribution in [1.82, 2.24) is 4.31 Å². The number of hydrogen-bond donors (Lipinski definition) is 0. The smallest absolute Gasteiger partial charge is 0.0599 e. The maximum atomic E-state index is 5.01. The van der Waals surface area contributed by atoms with E-state index in [-0.39, 0.29) is 0 Å². The highest BCUT2D eigenvalue weighted by atomic mass is 32.2. The third kappa shape index (κ3) is 4.13. The van der Waals surface area contributed by atoms with Crippen LogP contribution >= 0.6 is 11.9 Å². The van der Waals surface area contributed by atoms with Crippen molar-refractivity contribution in [2.24, 2.45) is 0 Å². The van der Waals surface area contributed by atoms with Crippen molar-refractivity contribution in [3.05, 3.63) is 29.8 Å². The van der Waals surface area contributed by atoms with E-state index >= 15 is 0 Å². The number of nitrogens with zero attached hydrogens (tertiary/aromatic N) is 1. The summed E-state index contributed by atoms with van der Waals surface area (Å²) >= 11 is 1.75. The summed E-state index contributed by atoms with van der Waals surface area (Å²) in [6, 6.07) is 8.55. The van der Waals surface area contributed by atoms with Gasteiger partial charge in [0.05, 0.1) is 6.61 Å². The molecule has 0 saturated heterocycles. The Balaban J connectivity index is 2.39. The predicted molar refractivity (Wildman–Crippen MR) is 61.5 cm³/mol. The first-order valence-corrected chi connectivity index (χ1v) is 5.44. The SMILES string of the molecule is COCCN(C)Sc1ccc(C)cc1. The summed E-state index contributed by atoms with van der Waals surface area (Å²) in [5.41, 5.74) is 1.30. The highest BCUT2D eigenvalue weighted by Crippen LogP contribution is 2.20. The lowest BCUT2D eigenvalue weighted by atomic mass is 10.2. The van der Waals surface area contributed by atoms with Crippen LogP contribution in [0.5, 0.6) is 0 Å². The molecule has 0 aliphatic rings. The molecule has 0 spiro atoms. The van der Waals surface area contributed by atoms with Gasteiger partial charge in [-0.1, -0.05) is 17.7 Å². The Morgan fingerprint density at radius 2 is 1.93 bits per heavy atom. The van der Waals surface area contributed by atoms with E-state index in [1.165, 1.54) is 10.5 Å². The minimum Gasteiger partial charge on any atom is -0.383 e. The maximum Gasteiger partial charge on any atom is 0.0599 e. The highest BCUT2D eigenvalue weighted by molar-refractivity contribution is 7.97. The molecule has 0 aliphatic heterocycles. The molecule has 0 amide bonds. The molecule has 0 aliphatic carbocycles. The highest BCUT2D eigenvalue weighted by Gasteiger charge is 2.00. The Morgan fingerprint density at radius 3 is 2.50 bits per heavy atom. The average Bonchev–Trinajstić information content (AvgIpc) is 2.18. The molecule has 0 saturated carbocycles. The molecule has 0 unspecified atom stereocenters. The van der Waals surface area contributed by atoms with Crippen LogP contribution < -0.4 is 0 Å². The second-order valence-electron chi connectivity index (χ2n) is 3.25. The standard InChI is InChI=1S/C11H17NOS/c1-10-4-6-11(7-5-10)14-12(2)8-9-13-3/h4-7H,8-9H2,1-3H3. The Hall–Kier alpha value is -0.510. The molecule has 0 atom stereocenters. The first-order valence-electron chi connectivity index (χ1n) is 4.67. The van der Waals surface area contributed by atoms with Gasteiger partial charge in [0.1, 0.15) is 0 Å².